The number of likely N-dealkylation sites (tertiary alicyclic amines) is 2. The third kappa shape index (κ3) is 10.8. The first-order valence-corrected chi connectivity index (χ1v) is 25.5. The summed E-state index contributed by atoms with van der Waals surface area (Å²) in [6.45, 7) is 14.2. The Morgan fingerprint density at radius 3 is 1.40 bits per heavy atom. The van der Waals surface area contributed by atoms with Gasteiger partial charge in [-0.25, -0.2) is 0 Å². The maximum absolute atomic E-state index is 14.1. The van der Waals surface area contributed by atoms with E-state index in [4.69, 9.17) is 0 Å². The van der Waals surface area contributed by atoms with Gasteiger partial charge in [0.05, 0.1) is 18.1 Å². The Hall–Kier alpha value is -5.56. The predicted molar refractivity (Wildman–Crippen MR) is 266 cm³/mol. The Balaban J connectivity index is 1.03. The molecular weight excluding hydrogens is 855 g/mol. The van der Waals surface area contributed by atoms with Gasteiger partial charge in [0.2, 0.25) is 35.4 Å². The van der Waals surface area contributed by atoms with Crippen molar-refractivity contribution in [1.82, 2.24) is 36.4 Å². The highest BCUT2D eigenvalue weighted by molar-refractivity contribution is 5.95. The fraction of sp³-hybridized carbons (Fsp3) is 0.564. The quantitative estimate of drug-likeness (QED) is 0.104. The molecule has 2 aliphatic carbocycles. The first kappa shape index (κ1) is 50.3. The molecule has 0 spiro atoms. The van der Waals surface area contributed by atoms with Gasteiger partial charge >= 0.3 is 0 Å². The van der Waals surface area contributed by atoms with Crippen LogP contribution in [0.5, 0.6) is 0 Å². The van der Waals surface area contributed by atoms with Crippen molar-refractivity contribution in [2.45, 2.75) is 161 Å². The van der Waals surface area contributed by atoms with E-state index in [1.807, 2.05) is 41.5 Å². The third-order valence-corrected chi connectivity index (χ3v) is 15.2. The summed E-state index contributed by atoms with van der Waals surface area (Å²) in [4.78, 5) is 84.9. The normalized spacial score (nSPS) is 21.9. The van der Waals surface area contributed by atoms with Gasteiger partial charge in [-0.2, -0.15) is 0 Å². The summed E-state index contributed by atoms with van der Waals surface area (Å²) in [5.74, 6) is -1.52. The van der Waals surface area contributed by atoms with Crippen molar-refractivity contribution < 1.29 is 28.8 Å². The van der Waals surface area contributed by atoms with Crippen LogP contribution in [0.25, 0.3) is 22.3 Å². The van der Waals surface area contributed by atoms with Crippen LogP contribution in [0.1, 0.15) is 141 Å². The van der Waals surface area contributed by atoms with Crippen LogP contribution in [-0.4, -0.2) is 95.6 Å². The average Bonchev–Trinajstić information content (AvgIpc) is 4.05. The molecule has 13 nitrogen and oxygen atoms in total. The number of nitrogens with zero attached hydrogens (tertiary/aromatic N) is 2. The lowest BCUT2D eigenvalue weighted by atomic mass is 9.81. The molecule has 2 aliphatic heterocycles. The average molecular weight is 930 g/mol. The summed E-state index contributed by atoms with van der Waals surface area (Å²) in [5.41, 5.74) is 9.18. The Kier molecular flexibility index (Phi) is 16.5. The molecule has 366 valence electrons. The van der Waals surface area contributed by atoms with Gasteiger partial charge in [-0.1, -0.05) is 102 Å². The molecule has 6 amide bonds. The monoisotopic (exact) mass is 930 g/mol. The van der Waals surface area contributed by atoms with Crippen molar-refractivity contribution in [3.8, 4) is 22.3 Å². The maximum Gasteiger partial charge on any atom is 0.246 e. The second kappa shape index (κ2) is 22.2. The molecule has 2 fully saturated rings. The number of hydrogen-bond donors (Lipinski definition) is 5. The van der Waals surface area contributed by atoms with E-state index in [-0.39, 0.29) is 65.3 Å². The summed E-state index contributed by atoms with van der Waals surface area (Å²) >= 11 is 0. The molecule has 5 N–H and O–H groups in total. The van der Waals surface area contributed by atoms with Crippen LogP contribution in [0.4, 0.5) is 0 Å². The van der Waals surface area contributed by atoms with Crippen LogP contribution in [-0.2, 0) is 41.6 Å². The molecule has 7 rings (SSSR count). The van der Waals surface area contributed by atoms with E-state index in [1.165, 1.54) is 11.1 Å². The van der Waals surface area contributed by atoms with Gasteiger partial charge in [-0.15, -0.1) is 0 Å². The van der Waals surface area contributed by atoms with Crippen LogP contribution in [0, 0.1) is 17.8 Å². The summed E-state index contributed by atoms with van der Waals surface area (Å²) in [5, 5.41) is 15.5. The zero-order valence-electron chi connectivity index (χ0n) is 41.6. The van der Waals surface area contributed by atoms with Crippen LogP contribution in [0.3, 0.4) is 0 Å². The topological polar surface area (TPSA) is 169 Å². The summed E-state index contributed by atoms with van der Waals surface area (Å²) in [7, 11) is 1.71. The molecule has 13 heteroatoms. The lowest BCUT2D eigenvalue weighted by Crippen LogP contribution is -2.57. The molecule has 4 aliphatic rings. The van der Waals surface area contributed by atoms with Gasteiger partial charge in [0, 0.05) is 19.0 Å². The number of hydrogen-bond acceptors (Lipinski definition) is 7. The number of benzene rings is 3. The van der Waals surface area contributed by atoms with Crippen LogP contribution < -0.4 is 26.6 Å². The lowest BCUT2D eigenvalue weighted by molar-refractivity contribution is -0.143. The highest BCUT2D eigenvalue weighted by Crippen LogP contribution is 2.40. The van der Waals surface area contributed by atoms with Crippen molar-refractivity contribution in [2.24, 2.45) is 17.8 Å². The lowest BCUT2D eigenvalue weighted by Gasteiger charge is -2.33. The van der Waals surface area contributed by atoms with E-state index < -0.39 is 30.2 Å². The largest absolute Gasteiger partial charge is 0.347 e. The minimum Gasteiger partial charge on any atom is -0.347 e. The number of rotatable bonds is 16. The Morgan fingerprint density at radius 2 is 1.00 bits per heavy atom. The van der Waals surface area contributed by atoms with Gasteiger partial charge in [-0.05, 0) is 141 Å². The minimum atomic E-state index is -0.721. The minimum absolute atomic E-state index is 0.114. The van der Waals surface area contributed by atoms with Crippen LogP contribution in [0.2, 0.25) is 0 Å². The third-order valence-electron chi connectivity index (χ3n) is 15.2. The number of carbonyl (C=O) groups excluding carboxylic acids is 6. The summed E-state index contributed by atoms with van der Waals surface area (Å²) in [6.07, 6.45) is 8.58. The first-order valence-electron chi connectivity index (χ1n) is 25.5. The second-order valence-corrected chi connectivity index (χ2v) is 20.4. The second-order valence-electron chi connectivity index (χ2n) is 20.4. The van der Waals surface area contributed by atoms with E-state index in [9.17, 15) is 28.8 Å². The van der Waals surface area contributed by atoms with Crippen molar-refractivity contribution in [3.05, 3.63) is 82.9 Å². The Labute approximate surface area is 403 Å². The molecule has 0 unspecified atom stereocenters. The highest BCUT2D eigenvalue weighted by atomic mass is 16.2. The van der Waals surface area contributed by atoms with Crippen molar-refractivity contribution >= 4 is 35.4 Å². The number of likely N-dealkylation sites (N-methyl/N-ethyl adjacent to an activating group) is 1. The van der Waals surface area contributed by atoms with Gasteiger partial charge < -0.3 is 36.4 Å². The van der Waals surface area contributed by atoms with E-state index >= 15 is 0 Å². The summed E-state index contributed by atoms with van der Waals surface area (Å²) in [6, 6.07) is 18.0. The van der Waals surface area contributed by atoms with Crippen LogP contribution in [0.15, 0.2) is 60.7 Å². The fourth-order valence-corrected chi connectivity index (χ4v) is 10.8. The molecule has 8 atom stereocenters. The standard InChI is InChI=1S/C55H75N7O6/c1-9-34(6)50(63)59-48(32(2)3)54(67)61-30-14-24-46(61)52(65)57-44-22-12-18-40-38(16-10-20-42(40)44)36-26-28-37(29-27-36)39-17-11-21-43-41(39)19-13-23-45(43)58-53(66)47-25-15-31-62(47)55(68)49(33(4)5)60-51(64)35(7)56-8/h10-11,16-17,20-21,26-29,32-35,44-49,56H,9,12-15,18-19,22-25,30-31H2,1-8H3,(H,57,65)(H,58,66)(H,59,63)(H,60,64)/t34-,35+,44-,45-,46+,47+,48+,49+/m1/s1. The van der Waals surface area contributed by atoms with Crippen LogP contribution >= 0.6 is 0 Å². The van der Waals surface area contributed by atoms with Gasteiger partial charge in [0.15, 0.2) is 0 Å². The zero-order valence-corrected chi connectivity index (χ0v) is 41.6. The summed E-state index contributed by atoms with van der Waals surface area (Å²) < 4.78 is 0. The van der Waals surface area contributed by atoms with E-state index in [0.29, 0.717) is 32.4 Å². The maximum atomic E-state index is 14.1. The molecular formula is C55H75N7O6. The number of fused-ring (bicyclic) bond motifs is 2. The van der Waals surface area contributed by atoms with Gasteiger partial charge in [0.25, 0.3) is 0 Å². The van der Waals surface area contributed by atoms with Crippen molar-refractivity contribution in [3.63, 3.8) is 0 Å². The highest BCUT2D eigenvalue weighted by Gasteiger charge is 2.42. The number of nitrogens with one attached hydrogen (secondary N) is 5. The molecule has 3 aromatic carbocycles. The van der Waals surface area contributed by atoms with E-state index in [2.05, 4.69) is 87.2 Å². The van der Waals surface area contributed by atoms with Gasteiger partial charge in [-0.3, -0.25) is 28.8 Å². The molecule has 0 bridgehead atoms. The van der Waals surface area contributed by atoms with Crippen molar-refractivity contribution in [1.29, 1.82) is 0 Å². The smallest absolute Gasteiger partial charge is 0.246 e. The molecule has 0 aromatic heterocycles. The Morgan fingerprint density at radius 1 is 0.574 bits per heavy atom. The zero-order chi connectivity index (χ0) is 48.8. The van der Waals surface area contributed by atoms with E-state index in [0.717, 1.165) is 84.7 Å². The number of carbonyl (C=O) groups is 6. The predicted octanol–water partition coefficient (Wildman–Crippen LogP) is 6.93. The first-order chi connectivity index (χ1) is 32.6. The number of amides is 6. The van der Waals surface area contributed by atoms with E-state index in [1.54, 1.807) is 23.8 Å². The molecule has 2 saturated heterocycles. The van der Waals surface area contributed by atoms with Crippen molar-refractivity contribution in [2.75, 3.05) is 20.1 Å². The molecule has 0 radical (unpaired) electrons. The fourth-order valence-electron chi connectivity index (χ4n) is 10.8. The Bertz CT molecular complexity index is 2170. The molecule has 3 aromatic rings. The van der Waals surface area contributed by atoms with Gasteiger partial charge in [0.1, 0.15) is 24.2 Å². The molecule has 68 heavy (non-hydrogen) atoms. The molecule has 0 saturated carbocycles. The SMILES string of the molecule is CC[C@@H](C)C(=O)N[C@H](C(=O)N1CCC[C@H]1C(=O)N[C@@H]1CCCc2c(-c3ccc(-c4cccc5c4CCC[C@H]5NC(=O)[C@@H]4CCCN4C(=O)[C@@H](NC(=O)[C@H](C)NC)C(C)C)cc3)cccc21)C(C)C. The molecule has 2 heterocycles.